The molecule has 3 N–H and O–H groups in total. The van der Waals surface area contributed by atoms with E-state index in [1.165, 1.54) is 18.2 Å². The summed E-state index contributed by atoms with van der Waals surface area (Å²) in [6.07, 6.45) is 2.05. The van der Waals surface area contributed by atoms with Gasteiger partial charge in [0.05, 0.1) is 5.69 Å². The van der Waals surface area contributed by atoms with E-state index in [0.717, 1.165) is 25.9 Å². The molecular formula is C13H18FN3O. The number of likely N-dealkylation sites (tertiary alicyclic amines) is 1. The van der Waals surface area contributed by atoms with Gasteiger partial charge in [-0.2, -0.15) is 0 Å². The lowest BCUT2D eigenvalue weighted by molar-refractivity contribution is 0.186. The second-order valence-corrected chi connectivity index (χ2v) is 4.84. The van der Waals surface area contributed by atoms with Gasteiger partial charge in [-0.05, 0) is 37.0 Å². The molecule has 0 spiro atoms. The van der Waals surface area contributed by atoms with E-state index in [1.807, 2.05) is 0 Å². The number of hydrogen-bond acceptors (Lipinski definition) is 2. The molecule has 18 heavy (non-hydrogen) atoms. The zero-order valence-corrected chi connectivity index (χ0v) is 10.4. The molecule has 0 bridgehead atoms. The zero-order valence-electron chi connectivity index (χ0n) is 10.4. The van der Waals surface area contributed by atoms with Crippen molar-refractivity contribution in [1.29, 1.82) is 0 Å². The van der Waals surface area contributed by atoms with E-state index >= 15 is 0 Å². The van der Waals surface area contributed by atoms with Crippen LogP contribution in [0.4, 0.5) is 20.6 Å². The van der Waals surface area contributed by atoms with Crippen LogP contribution in [0.15, 0.2) is 18.2 Å². The Bertz CT molecular complexity index is 442. The Morgan fingerprint density at radius 2 is 2.11 bits per heavy atom. The van der Waals surface area contributed by atoms with Gasteiger partial charge in [-0.25, -0.2) is 9.18 Å². The first kappa shape index (κ1) is 12.7. The number of rotatable bonds is 1. The molecule has 0 saturated carbocycles. The largest absolute Gasteiger partial charge is 0.396 e. The summed E-state index contributed by atoms with van der Waals surface area (Å²) in [4.78, 5) is 13.7. The van der Waals surface area contributed by atoms with Crippen molar-refractivity contribution in [3.63, 3.8) is 0 Å². The molecule has 1 aliphatic heterocycles. The SMILES string of the molecule is CC1CCN(C(=O)Nc2ccc(F)c(N)c2)CC1. The van der Waals surface area contributed by atoms with Crippen LogP contribution in [0.1, 0.15) is 19.8 Å². The predicted octanol–water partition coefficient (Wildman–Crippen LogP) is 2.67. The fraction of sp³-hybridized carbons (Fsp3) is 0.462. The van der Waals surface area contributed by atoms with Crippen molar-refractivity contribution in [3.05, 3.63) is 24.0 Å². The normalized spacial score (nSPS) is 16.7. The number of nitrogens with one attached hydrogen (secondary N) is 1. The van der Waals surface area contributed by atoms with Gasteiger partial charge in [-0.1, -0.05) is 6.92 Å². The number of nitrogens with zero attached hydrogens (tertiary/aromatic N) is 1. The number of amides is 2. The average Bonchev–Trinajstić information content (AvgIpc) is 2.34. The third-order valence-corrected chi connectivity index (χ3v) is 3.32. The molecule has 2 amide bonds. The molecule has 2 rings (SSSR count). The van der Waals surface area contributed by atoms with E-state index in [1.54, 1.807) is 4.90 Å². The molecule has 0 atom stereocenters. The van der Waals surface area contributed by atoms with Crippen LogP contribution in [0.25, 0.3) is 0 Å². The third kappa shape index (κ3) is 2.91. The quantitative estimate of drug-likeness (QED) is 0.754. The van der Waals surface area contributed by atoms with Crippen LogP contribution in [0, 0.1) is 11.7 Å². The van der Waals surface area contributed by atoms with Crippen molar-refractivity contribution < 1.29 is 9.18 Å². The number of urea groups is 1. The maximum atomic E-state index is 13.0. The van der Waals surface area contributed by atoms with Gasteiger partial charge in [0.25, 0.3) is 0 Å². The molecule has 1 aromatic carbocycles. The van der Waals surface area contributed by atoms with E-state index in [0.29, 0.717) is 11.6 Å². The monoisotopic (exact) mass is 251 g/mol. The standard InChI is InChI=1S/C13H18FN3O/c1-9-4-6-17(7-5-9)13(18)16-10-2-3-11(14)12(15)8-10/h2-3,8-9H,4-7,15H2,1H3,(H,16,18). The van der Waals surface area contributed by atoms with E-state index in [9.17, 15) is 9.18 Å². The van der Waals surface area contributed by atoms with E-state index in [2.05, 4.69) is 12.2 Å². The number of piperidine rings is 1. The van der Waals surface area contributed by atoms with Gasteiger partial charge in [0, 0.05) is 18.8 Å². The van der Waals surface area contributed by atoms with Crippen molar-refractivity contribution in [1.82, 2.24) is 4.90 Å². The van der Waals surface area contributed by atoms with Gasteiger partial charge in [0.15, 0.2) is 0 Å². The van der Waals surface area contributed by atoms with Crippen molar-refractivity contribution in [2.45, 2.75) is 19.8 Å². The van der Waals surface area contributed by atoms with Gasteiger partial charge in [-0.15, -0.1) is 0 Å². The van der Waals surface area contributed by atoms with E-state index < -0.39 is 5.82 Å². The molecule has 1 heterocycles. The Morgan fingerprint density at radius 3 is 2.72 bits per heavy atom. The molecule has 4 nitrogen and oxygen atoms in total. The highest BCUT2D eigenvalue weighted by Gasteiger charge is 2.20. The van der Waals surface area contributed by atoms with Crippen LogP contribution < -0.4 is 11.1 Å². The third-order valence-electron chi connectivity index (χ3n) is 3.32. The summed E-state index contributed by atoms with van der Waals surface area (Å²) in [5, 5.41) is 2.73. The van der Waals surface area contributed by atoms with Crippen LogP contribution in [-0.2, 0) is 0 Å². The summed E-state index contributed by atoms with van der Waals surface area (Å²) in [7, 11) is 0. The average molecular weight is 251 g/mol. The second kappa shape index (κ2) is 5.25. The molecule has 1 aliphatic rings. The maximum absolute atomic E-state index is 13.0. The van der Waals surface area contributed by atoms with Crippen molar-refractivity contribution in [2.75, 3.05) is 24.1 Å². The number of anilines is 2. The number of hydrogen-bond donors (Lipinski definition) is 2. The lowest BCUT2D eigenvalue weighted by atomic mass is 10.00. The lowest BCUT2D eigenvalue weighted by Crippen LogP contribution is -2.40. The summed E-state index contributed by atoms with van der Waals surface area (Å²) in [5.74, 6) is 0.204. The first-order chi connectivity index (χ1) is 8.56. The molecule has 0 aromatic heterocycles. The number of benzene rings is 1. The number of carbonyl (C=O) groups excluding carboxylic acids is 1. The van der Waals surface area contributed by atoms with Crippen LogP contribution in [0.5, 0.6) is 0 Å². The molecule has 0 unspecified atom stereocenters. The highest BCUT2D eigenvalue weighted by molar-refractivity contribution is 5.89. The van der Waals surface area contributed by atoms with Crippen LogP contribution in [-0.4, -0.2) is 24.0 Å². The van der Waals surface area contributed by atoms with Gasteiger partial charge in [0.2, 0.25) is 0 Å². The summed E-state index contributed by atoms with van der Waals surface area (Å²) in [6, 6.07) is 4.05. The number of halogens is 1. The smallest absolute Gasteiger partial charge is 0.321 e. The topological polar surface area (TPSA) is 58.4 Å². The first-order valence-corrected chi connectivity index (χ1v) is 6.17. The van der Waals surface area contributed by atoms with Crippen LogP contribution >= 0.6 is 0 Å². The molecular weight excluding hydrogens is 233 g/mol. The zero-order chi connectivity index (χ0) is 13.1. The van der Waals surface area contributed by atoms with E-state index in [4.69, 9.17) is 5.73 Å². The second-order valence-electron chi connectivity index (χ2n) is 4.84. The van der Waals surface area contributed by atoms with Crippen molar-refractivity contribution >= 4 is 17.4 Å². The van der Waals surface area contributed by atoms with Crippen molar-refractivity contribution in [2.24, 2.45) is 5.92 Å². The Balaban J connectivity index is 1.96. The minimum absolute atomic E-state index is 0.0417. The molecule has 98 valence electrons. The predicted molar refractivity (Wildman–Crippen MR) is 69.8 cm³/mol. The number of carbonyl (C=O) groups is 1. The van der Waals surface area contributed by atoms with Crippen molar-refractivity contribution in [3.8, 4) is 0 Å². The summed E-state index contributed by atoms with van der Waals surface area (Å²) in [5.41, 5.74) is 6.02. The molecule has 1 fully saturated rings. The first-order valence-electron chi connectivity index (χ1n) is 6.17. The Labute approximate surface area is 106 Å². The maximum Gasteiger partial charge on any atom is 0.321 e. The van der Waals surface area contributed by atoms with Gasteiger partial charge in [0.1, 0.15) is 5.82 Å². The minimum Gasteiger partial charge on any atom is -0.396 e. The number of nitrogens with two attached hydrogens (primary N) is 1. The van der Waals surface area contributed by atoms with Gasteiger partial charge >= 0.3 is 6.03 Å². The molecule has 1 saturated heterocycles. The van der Waals surface area contributed by atoms with Gasteiger partial charge in [-0.3, -0.25) is 0 Å². The van der Waals surface area contributed by atoms with Crippen LogP contribution in [0.2, 0.25) is 0 Å². The van der Waals surface area contributed by atoms with Crippen LogP contribution in [0.3, 0.4) is 0 Å². The lowest BCUT2D eigenvalue weighted by Gasteiger charge is -2.30. The molecule has 0 radical (unpaired) electrons. The molecule has 1 aromatic rings. The number of nitrogen functional groups attached to an aromatic ring is 1. The highest BCUT2D eigenvalue weighted by Crippen LogP contribution is 2.19. The van der Waals surface area contributed by atoms with Gasteiger partial charge < -0.3 is 16.0 Å². The van der Waals surface area contributed by atoms with E-state index in [-0.39, 0.29) is 11.7 Å². The Morgan fingerprint density at radius 1 is 1.44 bits per heavy atom. The molecule has 5 heteroatoms. The molecule has 0 aliphatic carbocycles. The summed E-state index contributed by atoms with van der Waals surface area (Å²) < 4.78 is 13.0. The summed E-state index contributed by atoms with van der Waals surface area (Å²) in [6.45, 7) is 3.73. The fourth-order valence-corrected chi connectivity index (χ4v) is 2.04. The highest BCUT2D eigenvalue weighted by atomic mass is 19.1. The minimum atomic E-state index is -0.472. The summed E-state index contributed by atoms with van der Waals surface area (Å²) >= 11 is 0. The Hall–Kier alpha value is -1.78. The fourth-order valence-electron chi connectivity index (χ4n) is 2.04. The Kier molecular flexibility index (Phi) is 3.69.